The van der Waals surface area contributed by atoms with Crippen molar-refractivity contribution in [1.82, 2.24) is 20.2 Å². The van der Waals surface area contributed by atoms with Gasteiger partial charge in [-0.15, -0.1) is 30.6 Å². The highest BCUT2D eigenvalue weighted by Gasteiger charge is 2.21. The van der Waals surface area contributed by atoms with E-state index in [-0.39, 0.29) is 24.0 Å². The SMILES string of the molecule is C=CCc1cc(CNC(=NC)N2CCN(c3ncccn3)CC2)cc(OC)c1OC.I. The third-order valence-corrected chi connectivity index (χ3v) is 5.06. The smallest absolute Gasteiger partial charge is 0.225 e. The van der Waals surface area contributed by atoms with E-state index in [1.165, 1.54) is 0 Å². The summed E-state index contributed by atoms with van der Waals surface area (Å²) in [6.45, 7) is 7.89. The fraction of sp³-hybridized carbons (Fsp3) is 0.409. The lowest BCUT2D eigenvalue weighted by Gasteiger charge is -2.36. The van der Waals surface area contributed by atoms with Gasteiger partial charge in [-0.1, -0.05) is 6.08 Å². The van der Waals surface area contributed by atoms with Crippen LogP contribution in [0.3, 0.4) is 0 Å². The molecule has 0 unspecified atom stereocenters. The quantitative estimate of drug-likeness (QED) is 0.252. The van der Waals surface area contributed by atoms with Gasteiger partial charge in [-0.05, 0) is 30.2 Å². The van der Waals surface area contributed by atoms with E-state index >= 15 is 0 Å². The summed E-state index contributed by atoms with van der Waals surface area (Å²) in [6.07, 6.45) is 6.13. The Morgan fingerprint density at radius 3 is 2.45 bits per heavy atom. The Bertz CT molecular complexity index is 870. The highest BCUT2D eigenvalue weighted by atomic mass is 127. The molecule has 3 rings (SSSR count). The number of rotatable bonds is 7. The molecule has 2 aromatic rings. The molecule has 1 saturated heterocycles. The van der Waals surface area contributed by atoms with Crippen molar-refractivity contribution in [3.05, 3.63) is 54.4 Å². The summed E-state index contributed by atoms with van der Waals surface area (Å²) in [7, 11) is 5.12. The van der Waals surface area contributed by atoms with Crippen LogP contribution in [0.15, 0.2) is 48.2 Å². The maximum absolute atomic E-state index is 5.52. The summed E-state index contributed by atoms with van der Waals surface area (Å²) >= 11 is 0. The minimum absolute atomic E-state index is 0. The maximum Gasteiger partial charge on any atom is 0.225 e. The number of aliphatic imine (C=N–C) groups is 1. The molecule has 0 radical (unpaired) electrons. The number of aromatic nitrogens is 2. The van der Waals surface area contributed by atoms with Gasteiger partial charge < -0.3 is 24.6 Å². The van der Waals surface area contributed by atoms with Crippen LogP contribution in [0.2, 0.25) is 0 Å². The number of methoxy groups -OCH3 is 2. The number of allylic oxidation sites excluding steroid dienone is 1. The van der Waals surface area contributed by atoms with E-state index in [0.29, 0.717) is 13.0 Å². The monoisotopic (exact) mass is 538 g/mol. The molecule has 1 aliphatic rings. The van der Waals surface area contributed by atoms with Gasteiger partial charge in [0.2, 0.25) is 5.95 Å². The Morgan fingerprint density at radius 1 is 1.16 bits per heavy atom. The molecule has 1 aromatic heterocycles. The second-order valence-electron chi connectivity index (χ2n) is 6.91. The fourth-order valence-corrected chi connectivity index (χ4v) is 3.60. The first-order valence-electron chi connectivity index (χ1n) is 10.0. The predicted octanol–water partition coefficient (Wildman–Crippen LogP) is 2.74. The number of nitrogens with one attached hydrogen (secondary N) is 1. The maximum atomic E-state index is 5.52. The number of halogens is 1. The highest BCUT2D eigenvalue weighted by molar-refractivity contribution is 14.0. The molecule has 2 heterocycles. The van der Waals surface area contributed by atoms with Gasteiger partial charge in [0, 0.05) is 57.7 Å². The number of benzene rings is 1. The molecule has 9 heteroatoms. The molecule has 168 valence electrons. The molecular formula is C22H31IN6O2. The van der Waals surface area contributed by atoms with Gasteiger partial charge in [0.15, 0.2) is 17.5 Å². The van der Waals surface area contributed by atoms with Crippen molar-refractivity contribution >= 4 is 35.9 Å². The van der Waals surface area contributed by atoms with Gasteiger partial charge in [-0.3, -0.25) is 4.99 Å². The largest absolute Gasteiger partial charge is 0.493 e. The second-order valence-corrected chi connectivity index (χ2v) is 6.91. The van der Waals surface area contributed by atoms with Crippen LogP contribution in [-0.2, 0) is 13.0 Å². The van der Waals surface area contributed by atoms with E-state index < -0.39 is 0 Å². The molecule has 31 heavy (non-hydrogen) atoms. The molecule has 0 amide bonds. The van der Waals surface area contributed by atoms with Crippen LogP contribution in [0, 0.1) is 0 Å². The minimum Gasteiger partial charge on any atom is -0.493 e. The van der Waals surface area contributed by atoms with Gasteiger partial charge in [-0.25, -0.2) is 9.97 Å². The molecule has 0 bridgehead atoms. The first kappa shape index (κ1) is 24.7. The summed E-state index contributed by atoms with van der Waals surface area (Å²) in [5.74, 6) is 3.13. The van der Waals surface area contributed by atoms with Crippen LogP contribution in [-0.4, -0.2) is 68.3 Å². The van der Waals surface area contributed by atoms with E-state index in [2.05, 4.69) is 42.7 Å². The van der Waals surface area contributed by atoms with E-state index in [1.54, 1.807) is 26.6 Å². The van der Waals surface area contributed by atoms with Crippen molar-refractivity contribution in [3.63, 3.8) is 0 Å². The standard InChI is InChI=1S/C22H30N6O2.HI/c1-5-7-18-14-17(15-19(29-3)20(18)30-4)16-26-21(23-2)27-10-12-28(13-11-27)22-24-8-6-9-25-22;/h5-6,8-9,14-15H,1,7,10-13,16H2,2-4H3,(H,23,26);1H. The van der Waals surface area contributed by atoms with Crippen LogP contribution < -0.4 is 19.7 Å². The summed E-state index contributed by atoms with van der Waals surface area (Å²) in [5.41, 5.74) is 2.15. The molecule has 0 atom stereocenters. The van der Waals surface area contributed by atoms with Crippen molar-refractivity contribution < 1.29 is 9.47 Å². The summed E-state index contributed by atoms with van der Waals surface area (Å²) in [6, 6.07) is 5.95. The fourth-order valence-electron chi connectivity index (χ4n) is 3.60. The zero-order valence-electron chi connectivity index (χ0n) is 18.4. The van der Waals surface area contributed by atoms with Crippen LogP contribution in [0.4, 0.5) is 5.95 Å². The molecule has 1 aliphatic heterocycles. The normalized spacial score (nSPS) is 14.0. The van der Waals surface area contributed by atoms with Crippen molar-refractivity contribution in [2.45, 2.75) is 13.0 Å². The lowest BCUT2D eigenvalue weighted by atomic mass is 10.1. The number of guanidine groups is 1. The zero-order chi connectivity index (χ0) is 21.3. The Labute approximate surface area is 201 Å². The number of ether oxygens (including phenoxy) is 2. The van der Waals surface area contributed by atoms with Crippen LogP contribution >= 0.6 is 24.0 Å². The number of anilines is 1. The lowest BCUT2D eigenvalue weighted by Crippen LogP contribution is -2.52. The van der Waals surface area contributed by atoms with Crippen molar-refractivity contribution in [1.29, 1.82) is 0 Å². The molecule has 0 spiro atoms. The Balaban J connectivity index is 0.00000341. The predicted molar refractivity (Wildman–Crippen MR) is 135 cm³/mol. The summed E-state index contributed by atoms with van der Waals surface area (Å²) in [4.78, 5) is 17.6. The van der Waals surface area contributed by atoms with Crippen LogP contribution in [0.1, 0.15) is 11.1 Å². The summed E-state index contributed by atoms with van der Waals surface area (Å²) in [5, 5.41) is 3.47. The molecular weight excluding hydrogens is 507 g/mol. The molecule has 1 aromatic carbocycles. The van der Waals surface area contributed by atoms with Gasteiger partial charge >= 0.3 is 0 Å². The van der Waals surface area contributed by atoms with Gasteiger partial charge in [0.25, 0.3) is 0 Å². The average Bonchev–Trinajstić information content (AvgIpc) is 2.80. The minimum atomic E-state index is 0. The number of nitrogens with zero attached hydrogens (tertiary/aromatic N) is 5. The third kappa shape index (κ3) is 6.22. The molecule has 1 fully saturated rings. The zero-order valence-corrected chi connectivity index (χ0v) is 20.7. The lowest BCUT2D eigenvalue weighted by molar-refractivity contribution is 0.351. The number of hydrogen-bond acceptors (Lipinski definition) is 6. The first-order valence-corrected chi connectivity index (χ1v) is 10.0. The number of hydrogen-bond donors (Lipinski definition) is 1. The van der Waals surface area contributed by atoms with Gasteiger partial charge in [-0.2, -0.15) is 0 Å². The van der Waals surface area contributed by atoms with Crippen molar-refractivity contribution in [2.24, 2.45) is 4.99 Å². The number of piperazine rings is 1. The molecule has 1 N–H and O–H groups in total. The Kier molecular flexibility index (Phi) is 9.83. The van der Waals surface area contributed by atoms with E-state index in [4.69, 9.17) is 9.47 Å². The Hall–Kier alpha value is -2.56. The molecule has 0 saturated carbocycles. The topological polar surface area (TPSA) is 75.1 Å². The summed E-state index contributed by atoms with van der Waals surface area (Å²) < 4.78 is 11.0. The van der Waals surface area contributed by atoms with E-state index in [0.717, 1.165) is 60.7 Å². The molecule has 0 aliphatic carbocycles. The average molecular weight is 538 g/mol. The van der Waals surface area contributed by atoms with E-state index in [1.807, 2.05) is 25.3 Å². The third-order valence-electron chi connectivity index (χ3n) is 5.06. The Morgan fingerprint density at radius 2 is 1.87 bits per heavy atom. The van der Waals surface area contributed by atoms with Gasteiger partial charge in [0.05, 0.1) is 14.2 Å². The first-order chi connectivity index (χ1) is 14.7. The second kappa shape index (κ2) is 12.3. The van der Waals surface area contributed by atoms with Gasteiger partial charge in [0.1, 0.15) is 0 Å². The van der Waals surface area contributed by atoms with E-state index in [9.17, 15) is 0 Å². The van der Waals surface area contributed by atoms with Crippen LogP contribution in [0.25, 0.3) is 0 Å². The molecule has 8 nitrogen and oxygen atoms in total. The van der Waals surface area contributed by atoms with Crippen molar-refractivity contribution in [3.8, 4) is 11.5 Å². The van der Waals surface area contributed by atoms with Crippen molar-refractivity contribution in [2.75, 3.05) is 52.3 Å². The highest BCUT2D eigenvalue weighted by Crippen LogP contribution is 2.33. The van der Waals surface area contributed by atoms with Crippen LogP contribution in [0.5, 0.6) is 11.5 Å².